The minimum absolute atomic E-state index is 0.235. The Balaban J connectivity index is 1.49. The van der Waals surface area contributed by atoms with Crippen LogP contribution in [0.3, 0.4) is 0 Å². The largest absolute Gasteiger partial charge is 0.443 e. The molecule has 4 rings (SSSR count). The van der Waals surface area contributed by atoms with E-state index in [1.807, 2.05) is 48.3 Å². The van der Waals surface area contributed by atoms with Crippen molar-refractivity contribution in [3.05, 3.63) is 63.6 Å². The van der Waals surface area contributed by atoms with Gasteiger partial charge in [-0.3, -0.25) is 9.80 Å². The van der Waals surface area contributed by atoms with Crippen LogP contribution in [0.25, 0.3) is 0 Å². The Bertz CT molecular complexity index is 862. The number of para-hydroxylation sites is 1. The predicted octanol–water partition coefficient (Wildman–Crippen LogP) is 3.91. The second-order valence-electron chi connectivity index (χ2n) is 7.06. The van der Waals surface area contributed by atoms with E-state index in [2.05, 4.69) is 0 Å². The molecule has 1 N–H and O–H groups in total. The van der Waals surface area contributed by atoms with Crippen LogP contribution in [-0.2, 0) is 11.2 Å². The van der Waals surface area contributed by atoms with Gasteiger partial charge in [-0.15, -0.1) is 0 Å². The summed E-state index contributed by atoms with van der Waals surface area (Å²) in [7, 11) is 1.91. The van der Waals surface area contributed by atoms with E-state index in [9.17, 15) is 9.90 Å². The van der Waals surface area contributed by atoms with Crippen LogP contribution in [0.5, 0.6) is 0 Å². The summed E-state index contributed by atoms with van der Waals surface area (Å²) >= 11 is 12.5. The number of likely N-dealkylation sites (N-methyl/N-ethyl adjacent to an activating group) is 1. The van der Waals surface area contributed by atoms with Crippen molar-refractivity contribution in [2.45, 2.75) is 24.7 Å². The van der Waals surface area contributed by atoms with E-state index in [-0.39, 0.29) is 18.2 Å². The second kappa shape index (κ2) is 7.32. The van der Waals surface area contributed by atoms with Crippen LogP contribution in [0, 0.1) is 0 Å². The molecule has 1 aliphatic carbocycles. The van der Waals surface area contributed by atoms with E-state index in [1.165, 1.54) is 0 Å². The molecule has 3 atom stereocenters. The first-order valence-electron chi connectivity index (χ1n) is 8.83. The standard InChI is InChI=1S/C20H20Cl2N2O3/c1-23(19-16-7-12(21)8-17(22)15(16)9-18(19)25)10-14-11-24(20(26)27-14)13-5-3-2-4-6-13/h2-8,14,18-19,25H,9-11H2,1H3/t14-,18+,19-/m1/s1. The summed E-state index contributed by atoms with van der Waals surface area (Å²) in [4.78, 5) is 15.9. The Kier molecular flexibility index (Phi) is 5.03. The maximum absolute atomic E-state index is 12.2. The molecule has 2 aliphatic rings. The number of benzene rings is 2. The average Bonchev–Trinajstić information content (AvgIpc) is 3.15. The molecular formula is C20H20Cl2N2O3. The summed E-state index contributed by atoms with van der Waals surface area (Å²) < 4.78 is 5.54. The molecule has 1 aliphatic heterocycles. The molecule has 0 spiro atoms. The van der Waals surface area contributed by atoms with Crippen molar-refractivity contribution in [3.63, 3.8) is 0 Å². The molecule has 27 heavy (non-hydrogen) atoms. The van der Waals surface area contributed by atoms with E-state index in [4.69, 9.17) is 27.9 Å². The fourth-order valence-corrected chi connectivity index (χ4v) is 4.62. The monoisotopic (exact) mass is 406 g/mol. The van der Waals surface area contributed by atoms with Gasteiger partial charge in [0.2, 0.25) is 0 Å². The van der Waals surface area contributed by atoms with Gasteiger partial charge in [0.15, 0.2) is 0 Å². The number of rotatable bonds is 4. The van der Waals surface area contributed by atoms with Crippen LogP contribution in [0.1, 0.15) is 17.2 Å². The van der Waals surface area contributed by atoms with Crippen molar-refractivity contribution >= 4 is 35.0 Å². The number of aliphatic hydroxyl groups excluding tert-OH is 1. The molecule has 1 amide bonds. The third kappa shape index (κ3) is 3.52. The molecule has 7 heteroatoms. The highest BCUT2D eigenvalue weighted by molar-refractivity contribution is 6.35. The molecule has 1 fully saturated rings. The van der Waals surface area contributed by atoms with Crippen molar-refractivity contribution in [2.24, 2.45) is 0 Å². The Labute approximate surface area is 168 Å². The molecular weight excluding hydrogens is 387 g/mol. The molecule has 0 unspecified atom stereocenters. The molecule has 0 bridgehead atoms. The smallest absolute Gasteiger partial charge is 0.414 e. The van der Waals surface area contributed by atoms with E-state index in [0.717, 1.165) is 16.8 Å². The first-order valence-corrected chi connectivity index (χ1v) is 9.59. The average molecular weight is 407 g/mol. The Morgan fingerprint density at radius 1 is 1.26 bits per heavy atom. The Morgan fingerprint density at radius 2 is 2.00 bits per heavy atom. The van der Waals surface area contributed by atoms with Gasteiger partial charge in [-0.25, -0.2) is 4.79 Å². The number of carbonyl (C=O) groups is 1. The summed E-state index contributed by atoms with van der Waals surface area (Å²) in [5, 5.41) is 11.7. The van der Waals surface area contributed by atoms with Crippen molar-refractivity contribution in [1.29, 1.82) is 0 Å². The van der Waals surface area contributed by atoms with Gasteiger partial charge in [0, 0.05) is 28.7 Å². The fourth-order valence-electron chi connectivity index (χ4n) is 4.03. The second-order valence-corrected chi connectivity index (χ2v) is 7.91. The summed E-state index contributed by atoms with van der Waals surface area (Å²) in [5.74, 6) is 0. The minimum Gasteiger partial charge on any atom is -0.443 e. The molecule has 0 radical (unpaired) electrons. The van der Waals surface area contributed by atoms with Gasteiger partial charge in [-0.1, -0.05) is 41.4 Å². The number of aliphatic hydroxyl groups is 1. The first-order chi connectivity index (χ1) is 12.9. The number of anilines is 1. The fraction of sp³-hybridized carbons (Fsp3) is 0.350. The predicted molar refractivity (Wildman–Crippen MR) is 106 cm³/mol. The highest BCUT2D eigenvalue weighted by Crippen LogP contribution is 2.41. The lowest BCUT2D eigenvalue weighted by atomic mass is 10.1. The number of ether oxygens (including phenoxy) is 1. The topological polar surface area (TPSA) is 53.0 Å². The lowest BCUT2D eigenvalue weighted by molar-refractivity contribution is 0.0484. The number of amides is 1. The number of cyclic esters (lactones) is 1. The molecule has 142 valence electrons. The molecule has 0 aromatic heterocycles. The quantitative estimate of drug-likeness (QED) is 0.835. The number of nitrogens with zero attached hydrogens (tertiary/aromatic N) is 2. The van der Waals surface area contributed by atoms with Gasteiger partial charge in [-0.2, -0.15) is 0 Å². The van der Waals surface area contributed by atoms with Crippen LogP contribution in [0.15, 0.2) is 42.5 Å². The molecule has 2 aromatic carbocycles. The Hall–Kier alpha value is -1.79. The van der Waals surface area contributed by atoms with E-state index < -0.39 is 6.10 Å². The van der Waals surface area contributed by atoms with Crippen LogP contribution < -0.4 is 4.90 Å². The van der Waals surface area contributed by atoms with Crippen LogP contribution in [0.2, 0.25) is 10.0 Å². The summed E-state index contributed by atoms with van der Waals surface area (Å²) in [5.41, 5.74) is 2.68. The van der Waals surface area contributed by atoms with Crippen LogP contribution in [-0.4, -0.2) is 48.4 Å². The maximum atomic E-state index is 12.2. The SMILES string of the molecule is CN(C[C@@H]1CN(c2ccccc2)C(=O)O1)[C@@H]1c2cc(Cl)cc(Cl)c2C[C@@H]1O. The first kappa shape index (κ1) is 18.6. The number of hydrogen-bond donors (Lipinski definition) is 1. The van der Waals surface area contributed by atoms with Gasteiger partial charge in [0.1, 0.15) is 6.10 Å². The normalized spacial score (nSPS) is 24.4. The van der Waals surface area contributed by atoms with Crippen LogP contribution in [0.4, 0.5) is 10.5 Å². The van der Waals surface area contributed by atoms with Crippen molar-refractivity contribution < 1.29 is 14.6 Å². The van der Waals surface area contributed by atoms with Gasteiger partial charge in [0.25, 0.3) is 0 Å². The molecule has 1 heterocycles. The van der Waals surface area contributed by atoms with Crippen molar-refractivity contribution in [2.75, 3.05) is 25.0 Å². The molecule has 5 nitrogen and oxygen atoms in total. The van der Waals surface area contributed by atoms with Crippen molar-refractivity contribution in [3.8, 4) is 0 Å². The van der Waals surface area contributed by atoms with Crippen molar-refractivity contribution in [1.82, 2.24) is 4.90 Å². The van der Waals surface area contributed by atoms with Gasteiger partial charge < -0.3 is 9.84 Å². The Morgan fingerprint density at radius 3 is 2.74 bits per heavy atom. The highest BCUT2D eigenvalue weighted by atomic mass is 35.5. The van der Waals surface area contributed by atoms with Gasteiger partial charge >= 0.3 is 6.09 Å². The molecule has 1 saturated heterocycles. The van der Waals surface area contributed by atoms with Crippen LogP contribution >= 0.6 is 23.2 Å². The molecule has 2 aromatic rings. The number of hydrogen-bond acceptors (Lipinski definition) is 4. The number of carbonyl (C=O) groups excluding carboxylic acids is 1. The number of halogens is 2. The zero-order chi connectivity index (χ0) is 19.1. The lowest BCUT2D eigenvalue weighted by Gasteiger charge is -2.29. The van der Waals surface area contributed by atoms with E-state index in [0.29, 0.717) is 29.6 Å². The minimum atomic E-state index is -0.580. The summed E-state index contributed by atoms with van der Waals surface area (Å²) in [6.45, 7) is 0.972. The third-order valence-electron chi connectivity index (χ3n) is 5.20. The summed E-state index contributed by atoms with van der Waals surface area (Å²) in [6, 6.07) is 12.8. The van der Waals surface area contributed by atoms with E-state index >= 15 is 0 Å². The van der Waals surface area contributed by atoms with Gasteiger partial charge in [-0.05, 0) is 42.4 Å². The zero-order valence-corrected chi connectivity index (χ0v) is 16.3. The number of fused-ring (bicyclic) bond motifs is 1. The molecule has 0 saturated carbocycles. The lowest BCUT2D eigenvalue weighted by Crippen LogP contribution is -2.38. The summed E-state index contributed by atoms with van der Waals surface area (Å²) in [6.07, 6.45) is -0.726. The van der Waals surface area contributed by atoms with E-state index in [1.54, 1.807) is 11.0 Å². The van der Waals surface area contributed by atoms with Gasteiger partial charge in [0.05, 0.1) is 18.7 Å². The third-order valence-corrected chi connectivity index (χ3v) is 5.76. The zero-order valence-electron chi connectivity index (χ0n) is 14.8. The maximum Gasteiger partial charge on any atom is 0.414 e. The highest BCUT2D eigenvalue weighted by Gasteiger charge is 2.39.